The van der Waals surface area contributed by atoms with Crippen LogP contribution in [0.1, 0.15) is 12.6 Å². The Bertz CT molecular complexity index is 286. The first kappa shape index (κ1) is 9.28. The highest BCUT2D eigenvalue weighted by atomic mass is 35.5. The summed E-state index contributed by atoms with van der Waals surface area (Å²) >= 11 is 6.97. The Labute approximate surface area is 79.0 Å². The first-order chi connectivity index (χ1) is 5.74. The zero-order valence-electron chi connectivity index (χ0n) is 6.45. The van der Waals surface area contributed by atoms with E-state index in [9.17, 15) is 0 Å². The molecule has 0 amide bonds. The lowest BCUT2D eigenvalue weighted by molar-refractivity contribution is 0.160. The van der Waals surface area contributed by atoms with Crippen molar-refractivity contribution in [3.63, 3.8) is 0 Å². The predicted molar refractivity (Wildman–Crippen MR) is 50.8 cm³/mol. The highest BCUT2D eigenvalue weighted by molar-refractivity contribution is 7.19. The number of aromatic nitrogens is 1. The van der Waals surface area contributed by atoms with E-state index in [2.05, 4.69) is 10.1 Å². The Morgan fingerprint density at radius 3 is 3.08 bits per heavy atom. The van der Waals surface area contributed by atoms with Crippen molar-refractivity contribution in [2.45, 2.75) is 6.92 Å². The molecule has 0 atom stereocenters. The van der Waals surface area contributed by atoms with Crippen LogP contribution in [-0.2, 0) is 4.84 Å². The van der Waals surface area contributed by atoms with E-state index in [4.69, 9.17) is 22.2 Å². The summed E-state index contributed by atoms with van der Waals surface area (Å²) in [4.78, 5) is 8.65. The summed E-state index contributed by atoms with van der Waals surface area (Å²) in [5, 5.41) is 4.04. The highest BCUT2D eigenvalue weighted by Gasteiger charge is 2.03. The van der Waals surface area contributed by atoms with Crippen LogP contribution < -0.4 is 5.73 Å². The molecule has 1 aromatic rings. The molecular formula is C6H8ClN3OS. The molecule has 1 heterocycles. The average Bonchev–Trinajstić information content (AvgIpc) is 2.31. The van der Waals surface area contributed by atoms with Crippen LogP contribution in [0, 0.1) is 0 Å². The minimum Gasteiger partial charge on any atom is -0.396 e. The molecule has 2 N–H and O–H groups in total. The second kappa shape index (κ2) is 4.27. The molecule has 1 aromatic heterocycles. The number of hydrogen-bond donors (Lipinski definition) is 1. The van der Waals surface area contributed by atoms with Gasteiger partial charge in [-0.05, 0) is 6.92 Å². The summed E-state index contributed by atoms with van der Waals surface area (Å²) in [5.74, 6) is 0. The maximum atomic E-state index is 5.75. The highest BCUT2D eigenvalue weighted by Crippen LogP contribution is 2.24. The molecule has 4 nitrogen and oxygen atoms in total. The Morgan fingerprint density at radius 1 is 1.83 bits per heavy atom. The maximum Gasteiger partial charge on any atom is 0.182 e. The number of nitrogen functional groups attached to an aromatic ring is 1. The number of anilines is 1. The Hall–Kier alpha value is -0.810. The summed E-state index contributed by atoms with van der Waals surface area (Å²) < 4.78 is 0.524. The van der Waals surface area contributed by atoms with Crippen molar-refractivity contribution in [1.82, 2.24) is 4.98 Å². The molecule has 0 aliphatic heterocycles. The van der Waals surface area contributed by atoms with E-state index in [1.807, 2.05) is 6.92 Å². The van der Waals surface area contributed by atoms with Crippen LogP contribution in [0.15, 0.2) is 5.16 Å². The van der Waals surface area contributed by atoms with Gasteiger partial charge in [-0.15, -0.1) is 0 Å². The number of nitrogens with two attached hydrogens (primary N) is 1. The number of hydrogen-bond acceptors (Lipinski definition) is 5. The van der Waals surface area contributed by atoms with E-state index in [0.717, 1.165) is 0 Å². The molecule has 0 saturated carbocycles. The molecule has 0 saturated heterocycles. The van der Waals surface area contributed by atoms with Crippen molar-refractivity contribution in [2.24, 2.45) is 5.16 Å². The van der Waals surface area contributed by atoms with Gasteiger partial charge in [-0.3, -0.25) is 0 Å². The van der Waals surface area contributed by atoms with Crippen molar-refractivity contribution in [1.29, 1.82) is 0 Å². The lowest BCUT2D eigenvalue weighted by Crippen LogP contribution is -1.87. The van der Waals surface area contributed by atoms with E-state index in [1.54, 1.807) is 0 Å². The number of thiazole rings is 1. The van der Waals surface area contributed by atoms with Gasteiger partial charge in [0.1, 0.15) is 16.6 Å². The van der Waals surface area contributed by atoms with E-state index in [0.29, 0.717) is 21.8 Å². The third-order valence-corrected chi connectivity index (χ3v) is 2.12. The van der Waals surface area contributed by atoms with Crippen LogP contribution >= 0.6 is 22.9 Å². The molecule has 0 aromatic carbocycles. The van der Waals surface area contributed by atoms with Crippen LogP contribution in [0.4, 0.5) is 5.13 Å². The molecular weight excluding hydrogens is 198 g/mol. The maximum absolute atomic E-state index is 5.75. The third kappa shape index (κ3) is 2.35. The van der Waals surface area contributed by atoms with E-state index in [1.165, 1.54) is 17.6 Å². The van der Waals surface area contributed by atoms with Crippen LogP contribution in [0.5, 0.6) is 0 Å². The normalized spacial score (nSPS) is 10.8. The smallest absolute Gasteiger partial charge is 0.182 e. The fourth-order valence-corrected chi connectivity index (χ4v) is 1.43. The number of rotatable bonds is 3. The van der Waals surface area contributed by atoms with Crippen molar-refractivity contribution >= 4 is 34.3 Å². The molecule has 0 radical (unpaired) electrons. The lowest BCUT2D eigenvalue weighted by Gasteiger charge is -1.88. The standard InChI is InChI=1S/C6H8ClN3OS/c1-2-11-9-3-4-5(7)12-6(8)10-4/h3H,2H2,1H3,(H2,8,10)/b9-3+. The van der Waals surface area contributed by atoms with E-state index in [-0.39, 0.29) is 0 Å². The molecule has 0 aliphatic carbocycles. The van der Waals surface area contributed by atoms with Gasteiger partial charge in [0.25, 0.3) is 0 Å². The monoisotopic (exact) mass is 205 g/mol. The SMILES string of the molecule is CCO/N=C/c1nc(N)sc1Cl. The summed E-state index contributed by atoms with van der Waals surface area (Å²) in [6, 6.07) is 0. The van der Waals surface area contributed by atoms with Gasteiger partial charge in [-0.1, -0.05) is 28.1 Å². The first-order valence-electron chi connectivity index (χ1n) is 3.31. The van der Waals surface area contributed by atoms with E-state index < -0.39 is 0 Å². The molecule has 6 heteroatoms. The van der Waals surface area contributed by atoms with Gasteiger partial charge >= 0.3 is 0 Å². The van der Waals surface area contributed by atoms with Gasteiger partial charge in [0, 0.05) is 0 Å². The van der Waals surface area contributed by atoms with Gasteiger partial charge in [0.15, 0.2) is 5.13 Å². The molecule has 0 unspecified atom stereocenters. The molecule has 0 bridgehead atoms. The fourth-order valence-electron chi connectivity index (χ4n) is 0.571. The van der Waals surface area contributed by atoms with Crippen LogP contribution in [0.3, 0.4) is 0 Å². The quantitative estimate of drug-likeness (QED) is 0.604. The summed E-state index contributed by atoms with van der Waals surface area (Å²) in [6.45, 7) is 2.36. The Balaban J connectivity index is 2.68. The fraction of sp³-hybridized carbons (Fsp3) is 0.333. The van der Waals surface area contributed by atoms with Crippen molar-refractivity contribution in [3.8, 4) is 0 Å². The topological polar surface area (TPSA) is 60.5 Å². The second-order valence-electron chi connectivity index (χ2n) is 1.86. The average molecular weight is 206 g/mol. The molecule has 0 fully saturated rings. The van der Waals surface area contributed by atoms with Crippen molar-refractivity contribution in [3.05, 3.63) is 10.0 Å². The lowest BCUT2D eigenvalue weighted by atomic mass is 10.5. The van der Waals surface area contributed by atoms with Crippen LogP contribution in [0.2, 0.25) is 4.34 Å². The summed E-state index contributed by atoms with van der Waals surface area (Å²) in [7, 11) is 0. The number of nitrogens with zero attached hydrogens (tertiary/aromatic N) is 2. The van der Waals surface area contributed by atoms with Crippen molar-refractivity contribution in [2.75, 3.05) is 12.3 Å². The number of oxime groups is 1. The molecule has 66 valence electrons. The largest absolute Gasteiger partial charge is 0.396 e. The predicted octanol–water partition coefficient (Wildman–Crippen LogP) is 1.75. The van der Waals surface area contributed by atoms with Crippen molar-refractivity contribution < 1.29 is 4.84 Å². The Morgan fingerprint density at radius 2 is 2.58 bits per heavy atom. The van der Waals surface area contributed by atoms with Gasteiger partial charge < -0.3 is 10.6 Å². The third-order valence-electron chi connectivity index (χ3n) is 1.00. The minimum atomic E-state index is 0.429. The van der Waals surface area contributed by atoms with Gasteiger partial charge in [-0.25, -0.2) is 4.98 Å². The molecule has 1 rings (SSSR count). The molecule has 0 aliphatic rings. The first-order valence-corrected chi connectivity index (χ1v) is 4.50. The minimum absolute atomic E-state index is 0.429. The van der Waals surface area contributed by atoms with E-state index >= 15 is 0 Å². The van der Waals surface area contributed by atoms with Gasteiger partial charge in [-0.2, -0.15) is 0 Å². The Kier molecular flexibility index (Phi) is 3.31. The van der Waals surface area contributed by atoms with Crippen LogP contribution in [0.25, 0.3) is 0 Å². The van der Waals surface area contributed by atoms with Gasteiger partial charge in [0.05, 0.1) is 6.21 Å². The number of halogens is 1. The molecule has 0 spiro atoms. The van der Waals surface area contributed by atoms with Gasteiger partial charge in [0.2, 0.25) is 0 Å². The summed E-state index contributed by atoms with van der Waals surface area (Å²) in [5.41, 5.74) is 5.95. The second-order valence-corrected chi connectivity index (χ2v) is 3.50. The van der Waals surface area contributed by atoms with Crippen LogP contribution in [-0.4, -0.2) is 17.8 Å². The zero-order valence-corrected chi connectivity index (χ0v) is 8.02. The molecule has 12 heavy (non-hydrogen) atoms. The summed E-state index contributed by atoms with van der Waals surface area (Å²) in [6.07, 6.45) is 1.44. The zero-order chi connectivity index (χ0) is 8.97.